The van der Waals surface area contributed by atoms with Crippen molar-refractivity contribution in [2.24, 2.45) is 0 Å². The average molecular weight is 464 g/mol. The van der Waals surface area contributed by atoms with Crippen LogP contribution in [0.2, 0.25) is 0 Å². The van der Waals surface area contributed by atoms with Gasteiger partial charge >= 0.3 is 5.97 Å². The standard InChI is InChI=1S/C27H29NO6/c1-15-24(27(30)34-5)25(17-8-11-22(32-3)23(14-17)33-4)26-20(28-15)12-18(13-21(26)29)16-6-9-19(31-2)10-7-16/h6-11,14,18,25,28H,12-13H2,1-5H3/t18-,25+/m1/s1. The van der Waals surface area contributed by atoms with Gasteiger partial charge in [-0.3, -0.25) is 4.79 Å². The fourth-order valence-electron chi connectivity index (χ4n) is 4.90. The largest absolute Gasteiger partial charge is 0.497 e. The van der Waals surface area contributed by atoms with Crippen LogP contribution in [0.4, 0.5) is 0 Å². The Hall–Kier alpha value is -3.74. The summed E-state index contributed by atoms with van der Waals surface area (Å²) in [5.74, 6) is 0.878. The molecule has 0 saturated carbocycles. The number of carbonyl (C=O) groups is 2. The highest BCUT2D eigenvalue weighted by molar-refractivity contribution is 6.04. The summed E-state index contributed by atoms with van der Waals surface area (Å²) in [5, 5.41) is 3.34. The fraction of sp³-hybridized carbons (Fsp3) is 0.333. The molecule has 4 rings (SSSR count). The molecule has 2 atom stereocenters. The van der Waals surface area contributed by atoms with Crippen LogP contribution >= 0.6 is 0 Å². The van der Waals surface area contributed by atoms with E-state index >= 15 is 0 Å². The molecule has 2 aromatic carbocycles. The van der Waals surface area contributed by atoms with Crippen molar-refractivity contribution in [3.8, 4) is 17.2 Å². The lowest BCUT2D eigenvalue weighted by molar-refractivity contribution is -0.136. The molecule has 0 aromatic heterocycles. The Kier molecular flexibility index (Phi) is 6.63. The molecule has 0 radical (unpaired) electrons. The molecule has 178 valence electrons. The predicted molar refractivity (Wildman–Crippen MR) is 127 cm³/mol. The smallest absolute Gasteiger partial charge is 0.336 e. The van der Waals surface area contributed by atoms with Gasteiger partial charge < -0.3 is 24.3 Å². The average Bonchev–Trinajstić information content (AvgIpc) is 2.86. The van der Waals surface area contributed by atoms with Gasteiger partial charge in [0.15, 0.2) is 17.3 Å². The van der Waals surface area contributed by atoms with Crippen molar-refractivity contribution in [2.45, 2.75) is 31.6 Å². The van der Waals surface area contributed by atoms with Gasteiger partial charge in [0.25, 0.3) is 0 Å². The Labute approximate surface area is 199 Å². The SMILES string of the molecule is COC(=O)C1=C(C)NC2=C(C(=O)C[C@H](c3ccc(OC)cc3)C2)[C@H]1c1ccc(OC)c(OC)c1. The minimum atomic E-state index is -0.562. The van der Waals surface area contributed by atoms with Gasteiger partial charge in [-0.25, -0.2) is 4.79 Å². The molecular formula is C27H29NO6. The second kappa shape index (κ2) is 9.63. The maximum atomic E-state index is 13.6. The van der Waals surface area contributed by atoms with Crippen LogP contribution < -0.4 is 19.5 Å². The Morgan fingerprint density at radius 3 is 2.18 bits per heavy atom. The van der Waals surface area contributed by atoms with Crippen molar-refractivity contribution in [1.82, 2.24) is 5.32 Å². The Bertz CT molecular complexity index is 1180. The third-order valence-electron chi connectivity index (χ3n) is 6.56. The van der Waals surface area contributed by atoms with Crippen molar-refractivity contribution in [3.63, 3.8) is 0 Å². The first kappa shape index (κ1) is 23.4. The molecule has 1 aliphatic heterocycles. The van der Waals surface area contributed by atoms with Crippen molar-refractivity contribution >= 4 is 11.8 Å². The van der Waals surface area contributed by atoms with Crippen molar-refractivity contribution in [2.75, 3.05) is 28.4 Å². The normalized spacial score (nSPS) is 19.9. The minimum Gasteiger partial charge on any atom is -0.497 e. The summed E-state index contributed by atoms with van der Waals surface area (Å²) in [6.45, 7) is 1.84. The van der Waals surface area contributed by atoms with Gasteiger partial charge in [0, 0.05) is 29.3 Å². The van der Waals surface area contributed by atoms with E-state index in [2.05, 4.69) is 5.32 Å². The summed E-state index contributed by atoms with van der Waals surface area (Å²) in [6, 6.07) is 13.3. The molecule has 2 aliphatic rings. The van der Waals surface area contributed by atoms with Gasteiger partial charge in [-0.15, -0.1) is 0 Å². The van der Waals surface area contributed by atoms with Crippen LogP contribution in [0.1, 0.15) is 42.7 Å². The summed E-state index contributed by atoms with van der Waals surface area (Å²) < 4.78 is 21.2. The summed E-state index contributed by atoms with van der Waals surface area (Å²) >= 11 is 0. The summed E-state index contributed by atoms with van der Waals surface area (Å²) in [4.78, 5) is 26.5. The number of benzene rings is 2. The Morgan fingerprint density at radius 1 is 0.882 bits per heavy atom. The van der Waals surface area contributed by atoms with Gasteiger partial charge in [0.1, 0.15) is 5.75 Å². The van der Waals surface area contributed by atoms with E-state index in [1.807, 2.05) is 43.3 Å². The lowest BCUT2D eigenvalue weighted by Crippen LogP contribution is -2.36. The van der Waals surface area contributed by atoms with E-state index in [1.165, 1.54) is 7.11 Å². The lowest BCUT2D eigenvalue weighted by atomic mass is 9.71. The van der Waals surface area contributed by atoms with Crippen LogP contribution in [0, 0.1) is 0 Å². The number of methoxy groups -OCH3 is 4. The monoisotopic (exact) mass is 463 g/mol. The van der Waals surface area contributed by atoms with E-state index in [0.29, 0.717) is 41.2 Å². The molecular weight excluding hydrogens is 434 g/mol. The predicted octanol–water partition coefficient (Wildman–Crippen LogP) is 4.25. The zero-order valence-electron chi connectivity index (χ0n) is 20.1. The van der Waals surface area contributed by atoms with Gasteiger partial charge in [-0.1, -0.05) is 18.2 Å². The molecule has 0 amide bonds. The van der Waals surface area contributed by atoms with E-state index in [-0.39, 0.29) is 11.7 Å². The number of rotatable bonds is 6. The molecule has 0 saturated heterocycles. The number of hydrogen-bond donors (Lipinski definition) is 1. The third kappa shape index (κ3) is 4.14. The van der Waals surface area contributed by atoms with Gasteiger partial charge in [0.05, 0.1) is 34.0 Å². The zero-order valence-corrected chi connectivity index (χ0v) is 20.1. The molecule has 7 heteroatoms. The maximum absolute atomic E-state index is 13.6. The first-order valence-corrected chi connectivity index (χ1v) is 11.1. The highest BCUT2D eigenvalue weighted by Crippen LogP contribution is 2.47. The van der Waals surface area contributed by atoms with Gasteiger partial charge in [-0.2, -0.15) is 0 Å². The molecule has 1 heterocycles. The Morgan fingerprint density at radius 2 is 1.56 bits per heavy atom. The first-order valence-electron chi connectivity index (χ1n) is 11.1. The molecule has 0 unspecified atom stereocenters. The molecule has 2 aromatic rings. The number of allylic oxidation sites excluding steroid dienone is 3. The molecule has 1 N–H and O–H groups in total. The lowest BCUT2D eigenvalue weighted by Gasteiger charge is -2.36. The number of Topliss-reactive ketones (excluding diaryl/α,β-unsaturated/α-hetero) is 1. The van der Waals surface area contributed by atoms with E-state index in [9.17, 15) is 9.59 Å². The number of esters is 1. The van der Waals surface area contributed by atoms with Gasteiger partial charge in [0.2, 0.25) is 0 Å². The number of carbonyl (C=O) groups excluding carboxylic acids is 2. The molecule has 34 heavy (non-hydrogen) atoms. The highest BCUT2D eigenvalue weighted by Gasteiger charge is 2.41. The molecule has 0 bridgehead atoms. The van der Waals surface area contributed by atoms with Crippen molar-refractivity contribution in [1.29, 1.82) is 0 Å². The number of hydrogen-bond acceptors (Lipinski definition) is 7. The first-order chi connectivity index (χ1) is 16.4. The van der Waals surface area contributed by atoms with Crippen LogP contribution in [0.15, 0.2) is 65.0 Å². The zero-order chi connectivity index (χ0) is 24.4. The van der Waals surface area contributed by atoms with Gasteiger partial charge in [-0.05, 0) is 54.7 Å². The second-order valence-electron chi connectivity index (χ2n) is 8.40. The van der Waals surface area contributed by atoms with Crippen LogP contribution in [-0.2, 0) is 14.3 Å². The van der Waals surface area contributed by atoms with Crippen molar-refractivity contribution < 1.29 is 28.5 Å². The molecule has 7 nitrogen and oxygen atoms in total. The topological polar surface area (TPSA) is 83.1 Å². The fourth-order valence-corrected chi connectivity index (χ4v) is 4.90. The third-order valence-corrected chi connectivity index (χ3v) is 6.56. The highest BCUT2D eigenvalue weighted by atomic mass is 16.5. The minimum absolute atomic E-state index is 0.00301. The summed E-state index contributed by atoms with van der Waals surface area (Å²) in [7, 11) is 6.10. The molecule has 0 spiro atoms. The van der Waals surface area contributed by atoms with E-state index < -0.39 is 11.9 Å². The van der Waals surface area contributed by atoms with E-state index in [4.69, 9.17) is 18.9 Å². The van der Waals surface area contributed by atoms with Crippen LogP contribution in [-0.4, -0.2) is 40.2 Å². The van der Waals surface area contributed by atoms with E-state index in [1.54, 1.807) is 27.4 Å². The maximum Gasteiger partial charge on any atom is 0.336 e. The van der Waals surface area contributed by atoms with Crippen LogP contribution in [0.25, 0.3) is 0 Å². The molecule has 0 fully saturated rings. The van der Waals surface area contributed by atoms with Crippen LogP contribution in [0.5, 0.6) is 17.2 Å². The summed E-state index contributed by atoms with van der Waals surface area (Å²) in [5.41, 5.74) is 4.37. The van der Waals surface area contributed by atoms with Crippen molar-refractivity contribution in [3.05, 3.63) is 76.1 Å². The van der Waals surface area contributed by atoms with E-state index in [0.717, 1.165) is 22.6 Å². The quantitative estimate of drug-likeness (QED) is 0.642. The molecule has 1 aliphatic carbocycles. The Balaban J connectivity index is 1.80. The number of dihydropyridines is 1. The number of ketones is 1. The van der Waals surface area contributed by atoms with Crippen LogP contribution in [0.3, 0.4) is 0 Å². The summed E-state index contributed by atoms with van der Waals surface area (Å²) in [6.07, 6.45) is 1.01. The number of nitrogens with one attached hydrogen (secondary N) is 1. The number of ether oxygens (including phenoxy) is 4. The second-order valence-corrected chi connectivity index (χ2v) is 8.40.